The van der Waals surface area contributed by atoms with Crippen molar-refractivity contribution in [3.8, 4) is 0 Å². The van der Waals surface area contributed by atoms with Gasteiger partial charge in [0.2, 0.25) is 0 Å². The van der Waals surface area contributed by atoms with Crippen molar-refractivity contribution in [1.29, 1.82) is 0 Å². The first-order valence-corrected chi connectivity index (χ1v) is 8.86. The van der Waals surface area contributed by atoms with Crippen LogP contribution < -0.4 is 10.6 Å². The summed E-state index contributed by atoms with van der Waals surface area (Å²) in [7, 11) is 1.84. The molecule has 2 rings (SSSR count). The van der Waals surface area contributed by atoms with Gasteiger partial charge in [0.05, 0.1) is 5.01 Å². The quantitative estimate of drug-likeness (QED) is 0.649. The number of aliphatic imine (C=N–C) groups is 1. The van der Waals surface area contributed by atoms with Crippen molar-refractivity contribution >= 4 is 17.3 Å². The van der Waals surface area contributed by atoms with Gasteiger partial charge in [-0.2, -0.15) is 0 Å². The fraction of sp³-hybridized carbons (Fsp3) is 0.750. The van der Waals surface area contributed by atoms with E-state index in [-0.39, 0.29) is 0 Å². The Kier molecular flexibility index (Phi) is 6.49. The van der Waals surface area contributed by atoms with Gasteiger partial charge in [-0.25, -0.2) is 4.98 Å². The third-order valence-corrected chi connectivity index (χ3v) is 5.32. The molecule has 0 radical (unpaired) electrons. The lowest BCUT2D eigenvalue weighted by Gasteiger charge is -2.29. The molecule has 21 heavy (non-hydrogen) atoms. The summed E-state index contributed by atoms with van der Waals surface area (Å²) in [6.07, 6.45) is 8.41. The Hall–Kier alpha value is -1.10. The Balaban J connectivity index is 1.68. The van der Waals surface area contributed by atoms with E-state index in [2.05, 4.69) is 34.5 Å². The molecule has 4 nitrogen and oxygen atoms in total. The first-order valence-electron chi connectivity index (χ1n) is 8.05. The van der Waals surface area contributed by atoms with Gasteiger partial charge in [-0.15, -0.1) is 11.3 Å². The van der Waals surface area contributed by atoms with Crippen molar-refractivity contribution < 1.29 is 0 Å². The number of guanidine groups is 1. The molecular weight excluding hydrogens is 280 g/mol. The number of hydrogen-bond donors (Lipinski definition) is 2. The normalized spacial score (nSPS) is 23.1. The van der Waals surface area contributed by atoms with Crippen LogP contribution in [-0.4, -0.2) is 31.1 Å². The van der Waals surface area contributed by atoms with E-state index in [1.54, 1.807) is 11.3 Å². The molecule has 1 aromatic rings. The van der Waals surface area contributed by atoms with Crippen LogP contribution in [0.1, 0.15) is 42.5 Å². The molecule has 1 aliphatic carbocycles. The Morgan fingerprint density at radius 1 is 1.38 bits per heavy atom. The molecule has 0 aromatic carbocycles. The van der Waals surface area contributed by atoms with Crippen LogP contribution in [0.2, 0.25) is 0 Å². The summed E-state index contributed by atoms with van der Waals surface area (Å²) in [5.74, 6) is 2.54. The van der Waals surface area contributed by atoms with Crippen LogP contribution >= 0.6 is 11.3 Å². The van der Waals surface area contributed by atoms with Crippen LogP contribution in [-0.2, 0) is 6.42 Å². The van der Waals surface area contributed by atoms with Gasteiger partial charge in [-0.3, -0.25) is 4.99 Å². The van der Waals surface area contributed by atoms with Crippen molar-refractivity contribution in [2.75, 3.05) is 20.1 Å². The van der Waals surface area contributed by atoms with Gasteiger partial charge < -0.3 is 10.6 Å². The topological polar surface area (TPSA) is 49.3 Å². The van der Waals surface area contributed by atoms with E-state index in [4.69, 9.17) is 0 Å². The minimum absolute atomic E-state index is 0.791. The monoisotopic (exact) mass is 308 g/mol. The standard InChI is InChI=1S/C16H28N4S/c1-12-6-4-5-7-14(12)11-20-16(17-3)18-9-8-15-19-10-13(2)21-15/h10,12,14H,4-9,11H2,1-3H3,(H2,17,18,20). The highest BCUT2D eigenvalue weighted by molar-refractivity contribution is 7.11. The second kappa shape index (κ2) is 8.37. The van der Waals surface area contributed by atoms with E-state index >= 15 is 0 Å². The van der Waals surface area contributed by atoms with Crippen molar-refractivity contribution in [2.24, 2.45) is 16.8 Å². The summed E-state index contributed by atoms with van der Waals surface area (Å²) in [5, 5.41) is 8.06. The van der Waals surface area contributed by atoms with Crippen LogP contribution in [0.25, 0.3) is 0 Å². The summed E-state index contributed by atoms with van der Waals surface area (Å²) in [5.41, 5.74) is 0. The zero-order valence-corrected chi connectivity index (χ0v) is 14.3. The summed E-state index contributed by atoms with van der Waals surface area (Å²) in [6.45, 7) is 6.40. The maximum atomic E-state index is 4.39. The molecule has 2 atom stereocenters. The third-order valence-electron chi connectivity index (χ3n) is 4.34. The largest absolute Gasteiger partial charge is 0.356 e. The number of hydrogen-bond acceptors (Lipinski definition) is 3. The molecular formula is C16H28N4S. The van der Waals surface area contributed by atoms with Gasteiger partial charge in [-0.05, 0) is 25.2 Å². The molecule has 0 spiro atoms. The molecule has 0 aliphatic heterocycles. The Morgan fingerprint density at radius 3 is 2.86 bits per heavy atom. The molecule has 0 saturated heterocycles. The fourth-order valence-corrected chi connectivity index (χ4v) is 3.74. The highest BCUT2D eigenvalue weighted by Gasteiger charge is 2.21. The van der Waals surface area contributed by atoms with Crippen LogP contribution in [0.4, 0.5) is 0 Å². The summed E-state index contributed by atoms with van der Waals surface area (Å²) < 4.78 is 0. The van der Waals surface area contributed by atoms with Crippen LogP contribution in [0, 0.1) is 18.8 Å². The van der Waals surface area contributed by atoms with Crippen LogP contribution in [0.3, 0.4) is 0 Å². The maximum absolute atomic E-state index is 4.39. The molecule has 0 amide bonds. The number of thiazole rings is 1. The second-order valence-electron chi connectivity index (χ2n) is 6.02. The van der Waals surface area contributed by atoms with E-state index in [1.807, 2.05) is 13.2 Å². The lowest BCUT2D eigenvalue weighted by atomic mass is 9.80. The third kappa shape index (κ3) is 5.30. The molecule has 2 N–H and O–H groups in total. The average Bonchev–Trinajstić information content (AvgIpc) is 2.90. The van der Waals surface area contributed by atoms with Gasteiger partial charge in [-0.1, -0.05) is 26.2 Å². The predicted octanol–water partition coefficient (Wildman–Crippen LogP) is 2.99. The Labute approximate surface area is 132 Å². The Bertz CT molecular complexity index is 455. The SMILES string of the molecule is CN=C(NCCc1ncc(C)s1)NCC1CCCCC1C. The smallest absolute Gasteiger partial charge is 0.190 e. The molecule has 118 valence electrons. The first-order chi connectivity index (χ1) is 10.2. The second-order valence-corrected chi connectivity index (χ2v) is 7.34. The number of aromatic nitrogens is 1. The molecule has 1 aromatic heterocycles. The number of nitrogens with one attached hydrogen (secondary N) is 2. The van der Waals surface area contributed by atoms with E-state index in [0.717, 1.165) is 37.3 Å². The average molecular weight is 308 g/mol. The molecule has 1 saturated carbocycles. The summed E-state index contributed by atoms with van der Waals surface area (Å²) >= 11 is 1.77. The highest BCUT2D eigenvalue weighted by atomic mass is 32.1. The molecule has 1 heterocycles. The van der Waals surface area contributed by atoms with Gasteiger partial charge >= 0.3 is 0 Å². The van der Waals surface area contributed by atoms with Crippen LogP contribution in [0.15, 0.2) is 11.2 Å². The van der Waals surface area contributed by atoms with Crippen LogP contribution in [0.5, 0.6) is 0 Å². The lowest BCUT2D eigenvalue weighted by Crippen LogP contribution is -2.42. The van der Waals surface area contributed by atoms with Crippen molar-refractivity contribution in [3.63, 3.8) is 0 Å². The Morgan fingerprint density at radius 2 is 2.19 bits per heavy atom. The summed E-state index contributed by atoms with van der Waals surface area (Å²) in [6, 6.07) is 0. The van der Waals surface area contributed by atoms with Gasteiger partial charge in [0.15, 0.2) is 5.96 Å². The highest BCUT2D eigenvalue weighted by Crippen LogP contribution is 2.28. The molecule has 5 heteroatoms. The number of nitrogens with zero attached hydrogens (tertiary/aromatic N) is 2. The van der Waals surface area contributed by atoms with Gasteiger partial charge in [0.25, 0.3) is 0 Å². The fourth-order valence-electron chi connectivity index (χ4n) is 2.95. The van der Waals surface area contributed by atoms with E-state index < -0.39 is 0 Å². The molecule has 2 unspecified atom stereocenters. The van der Waals surface area contributed by atoms with Crippen molar-refractivity contribution in [2.45, 2.75) is 46.0 Å². The van der Waals surface area contributed by atoms with Gasteiger partial charge in [0, 0.05) is 37.6 Å². The minimum Gasteiger partial charge on any atom is -0.356 e. The first kappa shape index (κ1) is 16.3. The maximum Gasteiger partial charge on any atom is 0.190 e. The molecule has 1 aliphatic rings. The number of aryl methyl sites for hydroxylation is 1. The summed E-state index contributed by atoms with van der Waals surface area (Å²) in [4.78, 5) is 9.97. The van der Waals surface area contributed by atoms with Crippen molar-refractivity contribution in [1.82, 2.24) is 15.6 Å². The molecule has 1 fully saturated rings. The zero-order chi connectivity index (χ0) is 15.1. The zero-order valence-electron chi connectivity index (χ0n) is 13.5. The number of rotatable bonds is 5. The van der Waals surface area contributed by atoms with E-state index in [0.29, 0.717) is 0 Å². The van der Waals surface area contributed by atoms with E-state index in [9.17, 15) is 0 Å². The van der Waals surface area contributed by atoms with E-state index in [1.165, 1.54) is 35.6 Å². The predicted molar refractivity (Wildman–Crippen MR) is 91.0 cm³/mol. The van der Waals surface area contributed by atoms with Gasteiger partial charge in [0.1, 0.15) is 0 Å². The molecule has 0 bridgehead atoms. The lowest BCUT2D eigenvalue weighted by molar-refractivity contribution is 0.256. The van der Waals surface area contributed by atoms with Crippen molar-refractivity contribution in [3.05, 3.63) is 16.1 Å². The minimum atomic E-state index is 0.791.